The van der Waals surface area contributed by atoms with Crippen molar-refractivity contribution in [3.8, 4) is 5.75 Å². The van der Waals surface area contributed by atoms with E-state index in [1.165, 1.54) is 11.8 Å². The monoisotopic (exact) mass is 470 g/mol. The molecular formula is C21H27ClN2O4S2. The van der Waals surface area contributed by atoms with Crippen molar-refractivity contribution in [3.63, 3.8) is 0 Å². The number of unbranched alkanes of at least 4 members (excludes halogenated alkanes) is 1. The highest BCUT2D eigenvalue weighted by Gasteiger charge is 2.19. The van der Waals surface area contributed by atoms with Crippen molar-refractivity contribution in [1.29, 1.82) is 0 Å². The summed E-state index contributed by atoms with van der Waals surface area (Å²) in [6.07, 6.45) is 1.22. The standard InChI is InChI=1S/C21H27ClN2O4S2/c1-4-5-10-30(26)14-19(12-27-18-8-6-17(22)7-9-18)28-20(25)13-29-21-23-15(2)11-16(3)24-21/h6-9,11,19H,4-5,10,12-14H2,1-3H3. The van der Waals surface area contributed by atoms with Gasteiger partial charge in [0, 0.05) is 33.0 Å². The third kappa shape index (κ3) is 9.45. The van der Waals surface area contributed by atoms with Gasteiger partial charge in [-0.25, -0.2) is 9.97 Å². The maximum Gasteiger partial charge on any atom is 0.316 e. The van der Waals surface area contributed by atoms with Gasteiger partial charge >= 0.3 is 5.97 Å². The SMILES string of the molecule is CCCCS(=O)CC(COc1ccc(Cl)cc1)OC(=O)CSc1nc(C)cc(C)n1. The lowest BCUT2D eigenvalue weighted by Gasteiger charge is -2.18. The van der Waals surface area contributed by atoms with Gasteiger partial charge in [-0.1, -0.05) is 36.7 Å². The Labute approximate surface area is 189 Å². The molecule has 0 bridgehead atoms. The first kappa shape index (κ1) is 24.6. The largest absolute Gasteiger partial charge is 0.490 e. The fraction of sp³-hybridized carbons (Fsp3) is 0.476. The molecule has 9 heteroatoms. The van der Waals surface area contributed by atoms with E-state index in [0.29, 0.717) is 21.7 Å². The summed E-state index contributed by atoms with van der Waals surface area (Å²) in [5.74, 6) is 1.08. The summed E-state index contributed by atoms with van der Waals surface area (Å²) in [7, 11) is -1.08. The number of esters is 1. The maximum absolute atomic E-state index is 12.4. The Morgan fingerprint density at radius 1 is 1.20 bits per heavy atom. The fourth-order valence-corrected chi connectivity index (χ4v) is 4.75. The Morgan fingerprint density at radius 3 is 2.50 bits per heavy atom. The van der Waals surface area contributed by atoms with Crippen LogP contribution in [0.25, 0.3) is 0 Å². The van der Waals surface area contributed by atoms with Gasteiger partial charge in [0.25, 0.3) is 0 Å². The minimum atomic E-state index is -1.08. The number of hydrogen-bond donors (Lipinski definition) is 0. The summed E-state index contributed by atoms with van der Waals surface area (Å²) < 4.78 is 23.6. The van der Waals surface area contributed by atoms with Gasteiger partial charge in [-0.3, -0.25) is 9.00 Å². The normalized spacial score (nSPS) is 12.9. The first-order chi connectivity index (χ1) is 14.4. The van der Waals surface area contributed by atoms with Gasteiger partial charge in [0.1, 0.15) is 18.5 Å². The number of ether oxygens (including phenoxy) is 2. The van der Waals surface area contributed by atoms with Crippen LogP contribution in [-0.4, -0.2) is 50.1 Å². The van der Waals surface area contributed by atoms with Crippen molar-refractivity contribution in [1.82, 2.24) is 9.97 Å². The van der Waals surface area contributed by atoms with E-state index >= 15 is 0 Å². The van der Waals surface area contributed by atoms with Crippen LogP contribution in [0.5, 0.6) is 5.75 Å². The van der Waals surface area contributed by atoms with Crippen LogP contribution in [0.4, 0.5) is 0 Å². The highest BCUT2D eigenvalue weighted by Crippen LogP contribution is 2.17. The molecule has 164 valence electrons. The minimum absolute atomic E-state index is 0.0714. The van der Waals surface area contributed by atoms with Crippen LogP contribution in [0, 0.1) is 13.8 Å². The summed E-state index contributed by atoms with van der Waals surface area (Å²) >= 11 is 7.11. The number of aryl methyl sites for hydroxylation is 2. The number of benzene rings is 1. The third-order valence-corrected chi connectivity index (χ3v) is 6.49. The van der Waals surface area contributed by atoms with Crippen LogP contribution in [0.15, 0.2) is 35.5 Å². The van der Waals surface area contributed by atoms with E-state index in [-0.39, 0.29) is 18.1 Å². The molecule has 0 radical (unpaired) electrons. The van der Waals surface area contributed by atoms with E-state index in [2.05, 4.69) is 9.97 Å². The second-order valence-electron chi connectivity index (χ2n) is 6.76. The zero-order valence-electron chi connectivity index (χ0n) is 17.4. The summed E-state index contributed by atoms with van der Waals surface area (Å²) in [5.41, 5.74) is 1.69. The molecule has 2 aromatic rings. The summed E-state index contributed by atoms with van der Waals surface area (Å²) in [4.78, 5) is 21.0. The molecule has 2 rings (SSSR count). The van der Waals surface area contributed by atoms with Crippen LogP contribution in [0.2, 0.25) is 5.02 Å². The molecule has 1 aromatic carbocycles. The predicted molar refractivity (Wildman–Crippen MR) is 122 cm³/mol. The van der Waals surface area contributed by atoms with Gasteiger partial charge in [0.2, 0.25) is 0 Å². The van der Waals surface area contributed by atoms with Crippen molar-refractivity contribution in [2.75, 3.05) is 23.9 Å². The average molecular weight is 471 g/mol. The lowest BCUT2D eigenvalue weighted by Crippen LogP contribution is -2.31. The van der Waals surface area contributed by atoms with E-state index in [1.807, 2.05) is 26.8 Å². The molecule has 0 fully saturated rings. The molecule has 0 saturated heterocycles. The molecule has 0 aliphatic heterocycles. The number of thioether (sulfide) groups is 1. The van der Waals surface area contributed by atoms with Gasteiger partial charge in [-0.05, 0) is 50.6 Å². The second kappa shape index (κ2) is 12.9. The molecule has 1 heterocycles. The molecule has 0 amide bonds. The van der Waals surface area contributed by atoms with Crippen molar-refractivity contribution in [2.24, 2.45) is 0 Å². The van der Waals surface area contributed by atoms with E-state index < -0.39 is 22.9 Å². The Bertz CT molecular complexity index is 829. The number of rotatable bonds is 12. The van der Waals surface area contributed by atoms with E-state index in [1.54, 1.807) is 24.3 Å². The molecular weight excluding hydrogens is 444 g/mol. The first-order valence-corrected chi connectivity index (χ1v) is 12.6. The Hall–Kier alpha value is -1.64. The highest BCUT2D eigenvalue weighted by atomic mass is 35.5. The summed E-state index contributed by atoms with van der Waals surface area (Å²) in [6.45, 7) is 5.93. The van der Waals surface area contributed by atoms with Crippen molar-refractivity contribution in [2.45, 2.75) is 44.9 Å². The number of hydrogen-bond acceptors (Lipinski definition) is 7. The molecule has 30 heavy (non-hydrogen) atoms. The van der Waals surface area contributed by atoms with E-state index in [9.17, 15) is 9.00 Å². The van der Waals surface area contributed by atoms with Crippen LogP contribution in [0.3, 0.4) is 0 Å². The molecule has 2 unspecified atom stereocenters. The maximum atomic E-state index is 12.4. The van der Waals surface area contributed by atoms with E-state index in [4.69, 9.17) is 21.1 Å². The average Bonchev–Trinajstić information content (AvgIpc) is 2.69. The molecule has 0 spiro atoms. The summed E-state index contributed by atoms with van der Waals surface area (Å²) in [6, 6.07) is 8.79. The molecule has 0 saturated carbocycles. The van der Waals surface area contributed by atoms with Crippen LogP contribution in [-0.2, 0) is 20.3 Å². The smallest absolute Gasteiger partial charge is 0.316 e. The molecule has 0 N–H and O–H groups in total. The molecule has 0 aliphatic rings. The lowest BCUT2D eigenvalue weighted by molar-refractivity contribution is -0.146. The zero-order chi connectivity index (χ0) is 21.9. The molecule has 6 nitrogen and oxygen atoms in total. The number of nitrogens with zero attached hydrogens (tertiary/aromatic N) is 2. The van der Waals surface area contributed by atoms with Gasteiger partial charge in [-0.15, -0.1) is 0 Å². The number of carbonyl (C=O) groups is 1. The van der Waals surface area contributed by atoms with E-state index in [0.717, 1.165) is 24.2 Å². The number of carbonyl (C=O) groups excluding carboxylic acids is 1. The zero-order valence-corrected chi connectivity index (χ0v) is 19.8. The predicted octanol–water partition coefficient (Wildman–Crippen LogP) is 4.38. The van der Waals surface area contributed by atoms with Crippen molar-refractivity contribution in [3.05, 3.63) is 46.7 Å². The van der Waals surface area contributed by atoms with Crippen molar-refractivity contribution < 1.29 is 18.5 Å². The van der Waals surface area contributed by atoms with Crippen LogP contribution >= 0.6 is 23.4 Å². The third-order valence-electron chi connectivity index (χ3n) is 3.93. The number of halogens is 1. The van der Waals surface area contributed by atoms with Gasteiger partial charge in [0.05, 0.1) is 11.5 Å². The van der Waals surface area contributed by atoms with Crippen LogP contribution in [0.1, 0.15) is 31.2 Å². The lowest BCUT2D eigenvalue weighted by atomic mass is 10.3. The molecule has 0 aliphatic carbocycles. The summed E-state index contributed by atoms with van der Waals surface area (Å²) in [5, 5.41) is 1.14. The fourth-order valence-electron chi connectivity index (χ4n) is 2.53. The molecule has 1 aromatic heterocycles. The van der Waals surface area contributed by atoms with Crippen molar-refractivity contribution >= 4 is 40.1 Å². The topological polar surface area (TPSA) is 78.4 Å². The number of aromatic nitrogens is 2. The molecule has 2 atom stereocenters. The Morgan fingerprint density at radius 2 is 1.87 bits per heavy atom. The highest BCUT2D eigenvalue weighted by molar-refractivity contribution is 7.99. The van der Waals surface area contributed by atoms with Gasteiger partial charge < -0.3 is 9.47 Å². The first-order valence-electron chi connectivity index (χ1n) is 9.73. The van der Waals surface area contributed by atoms with Gasteiger partial charge in [0.15, 0.2) is 5.16 Å². The Balaban J connectivity index is 1.93. The minimum Gasteiger partial charge on any atom is -0.490 e. The Kier molecular flexibility index (Phi) is 10.6. The second-order valence-corrected chi connectivity index (χ2v) is 9.76. The van der Waals surface area contributed by atoms with Crippen LogP contribution < -0.4 is 4.74 Å². The quantitative estimate of drug-likeness (QED) is 0.259. The van der Waals surface area contributed by atoms with Gasteiger partial charge in [-0.2, -0.15) is 0 Å².